The Balaban J connectivity index is 2.00. The number of rotatable bonds is 1. The predicted molar refractivity (Wildman–Crippen MR) is 83.2 cm³/mol. The fraction of sp³-hybridized carbons (Fsp3) is 0.267. The molecule has 19 heavy (non-hydrogen) atoms. The van der Waals surface area contributed by atoms with Crippen LogP contribution >= 0.6 is 27.3 Å². The Bertz CT molecular complexity index is 635. The van der Waals surface area contributed by atoms with Gasteiger partial charge in [-0.3, -0.25) is 4.79 Å². The highest BCUT2D eigenvalue weighted by molar-refractivity contribution is 9.10. The van der Waals surface area contributed by atoms with E-state index in [-0.39, 0.29) is 5.91 Å². The standard InChI is InChI=1S/C15H14BrNOS/c1-10-4-5-13-11(9-10)3-2-7-17(13)15(18)14-12(16)6-8-19-14/h4-6,8-9H,2-3,7H2,1H3. The molecule has 0 saturated carbocycles. The van der Waals surface area contributed by atoms with Gasteiger partial charge in [-0.15, -0.1) is 11.3 Å². The van der Waals surface area contributed by atoms with Gasteiger partial charge in [0.15, 0.2) is 0 Å². The minimum Gasteiger partial charge on any atom is -0.307 e. The summed E-state index contributed by atoms with van der Waals surface area (Å²) >= 11 is 4.94. The number of benzene rings is 1. The minimum atomic E-state index is 0.103. The molecule has 1 amide bonds. The van der Waals surface area contributed by atoms with Gasteiger partial charge in [0.25, 0.3) is 5.91 Å². The fourth-order valence-electron chi connectivity index (χ4n) is 2.51. The molecule has 3 rings (SSSR count). The van der Waals surface area contributed by atoms with Crippen LogP contribution in [0.1, 0.15) is 27.2 Å². The van der Waals surface area contributed by atoms with Gasteiger partial charge < -0.3 is 4.90 Å². The third-order valence-electron chi connectivity index (χ3n) is 3.41. The molecule has 1 aromatic carbocycles. The Labute approximate surface area is 125 Å². The lowest BCUT2D eigenvalue weighted by atomic mass is 9.99. The van der Waals surface area contributed by atoms with E-state index in [1.165, 1.54) is 22.5 Å². The highest BCUT2D eigenvalue weighted by atomic mass is 79.9. The number of anilines is 1. The highest BCUT2D eigenvalue weighted by Crippen LogP contribution is 2.32. The van der Waals surface area contributed by atoms with Gasteiger partial charge in [-0.25, -0.2) is 0 Å². The molecule has 4 heteroatoms. The number of thiophene rings is 1. The van der Waals surface area contributed by atoms with Crippen LogP contribution < -0.4 is 4.90 Å². The van der Waals surface area contributed by atoms with Crippen molar-refractivity contribution >= 4 is 38.9 Å². The Hall–Kier alpha value is -1.13. The lowest BCUT2D eigenvalue weighted by Gasteiger charge is -2.29. The molecule has 0 fully saturated rings. The van der Waals surface area contributed by atoms with Crippen LogP contribution in [0.25, 0.3) is 0 Å². The summed E-state index contributed by atoms with van der Waals surface area (Å²) in [7, 11) is 0. The van der Waals surface area contributed by atoms with Gasteiger partial charge in [0.05, 0.1) is 0 Å². The molecular formula is C15H14BrNOS. The second kappa shape index (κ2) is 5.10. The first-order valence-corrected chi connectivity index (χ1v) is 7.98. The number of nitrogens with zero attached hydrogens (tertiary/aromatic N) is 1. The first-order valence-electron chi connectivity index (χ1n) is 6.31. The number of fused-ring (bicyclic) bond motifs is 1. The van der Waals surface area contributed by atoms with Crippen LogP contribution in [0.3, 0.4) is 0 Å². The van der Waals surface area contributed by atoms with Crippen LogP contribution in [0.2, 0.25) is 0 Å². The lowest BCUT2D eigenvalue weighted by Crippen LogP contribution is -2.35. The van der Waals surface area contributed by atoms with Crippen LogP contribution in [-0.4, -0.2) is 12.5 Å². The molecule has 0 saturated heterocycles. The fourth-order valence-corrected chi connectivity index (χ4v) is 3.99. The molecule has 0 atom stereocenters. The van der Waals surface area contributed by atoms with Gasteiger partial charge in [0.1, 0.15) is 4.88 Å². The van der Waals surface area contributed by atoms with Crippen LogP contribution in [0.4, 0.5) is 5.69 Å². The highest BCUT2D eigenvalue weighted by Gasteiger charge is 2.25. The number of hydrogen-bond acceptors (Lipinski definition) is 2. The summed E-state index contributed by atoms with van der Waals surface area (Å²) in [5.74, 6) is 0.103. The summed E-state index contributed by atoms with van der Waals surface area (Å²) < 4.78 is 0.890. The second-order valence-electron chi connectivity index (χ2n) is 4.79. The summed E-state index contributed by atoms with van der Waals surface area (Å²) in [5.41, 5.74) is 3.61. The number of halogens is 1. The van der Waals surface area contributed by atoms with E-state index in [1.807, 2.05) is 16.3 Å². The summed E-state index contributed by atoms with van der Waals surface area (Å²) in [6.45, 7) is 2.90. The number of amides is 1. The third kappa shape index (κ3) is 2.35. The summed E-state index contributed by atoms with van der Waals surface area (Å²) in [5, 5.41) is 1.94. The van der Waals surface area contributed by atoms with E-state index < -0.39 is 0 Å². The van der Waals surface area contributed by atoms with Gasteiger partial charge in [0.2, 0.25) is 0 Å². The first kappa shape index (κ1) is 12.9. The smallest absolute Gasteiger partial charge is 0.269 e. The van der Waals surface area contributed by atoms with Crippen LogP contribution in [0.15, 0.2) is 34.1 Å². The SMILES string of the molecule is Cc1ccc2c(c1)CCCN2C(=O)c1sccc1Br. The topological polar surface area (TPSA) is 20.3 Å². The molecule has 2 heterocycles. The first-order chi connectivity index (χ1) is 9.16. The van der Waals surface area contributed by atoms with E-state index in [0.29, 0.717) is 0 Å². The number of aryl methyl sites for hydroxylation is 2. The predicted octanol–water partition coefficient (Wildman–Crippen LogP) is 4.41. The van der Waals surface area contributed by atoms with Crippen molar-refractivity contribution in [2.45, 2.75) is 19.8 Å². The van der Waals surface area contributed by atoms with Crippen molar-refractivity contribution in [1.29, 1.82) is 0 Å². The average Bonchev–Trinajstić information content (AvgIpc) is 2.83. The van der Waals surface area contributed by atoms with E-state index in [2.05, 4.69) is 41.1 Å². The molecule has 1 aromatic heterocycles. The zero-order valence-electron chi connectivity index (χ0n) is 10.6. The third-order valence-corrected chi connectivity index (χ3v) is 5.24. The maximum atomic E-state index is 12.6. The number of carbonyl (C=O) groups is 1. The van der Waals surface area contributed by atoms with Gasteiger partial charge in [-0.05, 0) is 58.8 Å². The Kier molecular flexibility index (Phi) is 3.46. The number of carbonyl (C=O) groups excluding carboxylic acids is 1. The van der Waals surface area contributed by atoms with Gasteiger partial charge in [0, 0.05) is 16.7 Å². The molecule has 1 aliphatic heterocycles. The van der Waals surface area contributed by atoms with Crippen molar-refractivity contribution in [3.05, 3.63) is 50.1 Å². The molecule has 0 bridgehead atoms. The quantitative estimate of drug-likeness (QED) is 0.755. The molecule has 0 aliphatic carbocycles. The van der Waals surface area contributed by atoms with Gasteiger partial charge >= 0.3 is 0 Å². The van der Waals surface area contributed by atoms with Gasteiger partial charge in [-0.2, -0.15) is 0 Å². The second-order valence-corrected chi connectivity index (χ2v) is 6.56. The van der Waals surface area contributed by atoms with Crippen molar-refractivity contribution in [2.75, 3.05) is 11.4 Å². The summed E-state index contributed by atoms with van der Waals surface area (Å²) in [6, 6.07) is 8.27. The number of hydrogen-bond donors (Lipinski definition) is 0. The molecule has 1 aliphatic rings. The molecule has 2 nitrogen and oxygen atoms in total. The van der Waals surface area contributed by atoms with Gasteiger partial charge in [-0.1, -0.05) is 17.7 Å². The Morgan fingerprint density at radius 2 is 2.21 bits per heavy atom. The average molecular weight is 336 g/mol. The van der Waals surface area contributed by atoms with Crippen LogP contribution in [-0.2, 0) is 6.42 Å². The molecule has 98 valence electrons. The van der Waals surface area contributed by atoms with E-state index >= 15 is 0 Å². The van der Waals surface area contributed by atoms with Crippen molar-refractivity contribution in [2.24, 2.45) is 0 Å². The largest absolute Gasteiger partial charge is 0.307 e. The Morgan fingerprint density at radius 1 is 1.37 bits per heavy atom. The van der Waals surface area contributed by atoms with Crippen molar-refractivity contribution in [3.63, 3.8) is 0 Å². The Morgan fingerprint density at radius 3 is 2.95 bits per heavy atom. The maximum absolute atomic E-state index is 12.6. The van der Waals surface area contributed by atoms with Crippen LogP contribution in [0.5, 0.6) is 0 Å². The zero-order valence-corrected chi connectivity index (χ0v) is 13.1. The van der Waals surface area contributed by atoms with E-state index in [4.69, 9.17) is 0 Å². The van der Waals surface area contributed by atoms with E-state index in [1.54, 1.807) is 0 Å². The monoisotopic (exact) mass is 335 g/mol. The summed E-state index contributed by atoms with van der Waals surface area (Å²) in [4.78, 5) is 15.3. The molecular weight excluding hydrogens is 322 g/mol. The molecule has 0 unspecified atom stereocenters. The minimum absolute atomic E-state index is 0.103. The lowest BCUT2D eigenvalue weighted by molar-refractivity contribution is 0.0988. The van der Waals surface area contributed by atoms with E-state index in [9.17, 15) is 4.79 Å². The van der Waals surface area contributed by atoms with Crippen molar-refractivity contribution in [3.8, 4) is 0 Å². The molecule has 0 spiro atoms. The molecule has 2 aromatic rings. The maximum Gasteiger partial charge on any atom is 0.269 e. The molecule has 0 radical (unpaired) electrons. The van der Waals surface area contributed by atoms with E-state index in [0.717, 1.165) is 34.4 Å². The zero-order chi connectivity index (χ0) is 13.4. The van der Waals surface area contributed by atoms with Crippen LogP contribution in [0, 0.1) is 6.92 Å². The normalized spacial score (nSPS) is 14.3. The summed E-state index contributed by atoms with van der Waals surface area (Å²) in [6.07, 6.45) is 2.09. The molecule has 0 N–H and O–H groups in total. The van der Waals surface area contributed by atoms with Crippen molar-refractivity contribution in [1.82, 2.24) is 0 Å². The van der Waals surface area contributed by atoms with Crippen molar-refractivity contribution < 1.29 is 4.79 Å².